The summed E-state index contributed by atoms with van der Waals surface area (Å²) < 4.78 is 0. The van der Waals surface area contributed by atoms with Gasteiger partial charge in [-0.2, -0.15) is 0 Å². The normalized spacial score (nSPS) is 13.8. The number of rotatable bonds is 2. The number of nitrogens with zero attached hydrogens (tertiary/aromatic N) is 2. The van der Waals surface area contributed by atoms with Crippen molar-refractivity contribution in [1.82, 2.24) is 15.3 Å². The molecule has 0 bridgehead atoms. The molecule has 5 heteroatoms. The van der Waals surface area contributed by atoms with Crippen molar-refractivity contribution in [3.05, 3.63) is 46.8 Å². The number of carbonyl (C=O) groups is 1. The number of fused-ring (bicyclic) bond motifs is 1. The number of aromatic carboxylic acids is 1. The van der Waals surface area contributed by atoms with Gasteiger partial charge in [0.05, 0.1) is 5.69 Å². The number of carboxylic acid groups (broad SMARTS) is 1. The summed E-state index contributed by atoms with van der Waals surface area (Å²) in [7, 11) is 0. The number of hydrogen-bond acceptors (Lipinski definition) is 4. The molecular formula is C15H15N3O2. The fraction of sp³-hybridized carbons (Fsp3) is 0.267. The third kappa shape index (κ3) is 2.28. The van der Waals surface area contributed by atoms with Crippen molar-refractivity contribution in [2.24, 2.45) is 0 Å². The number of nitrogens with one attached hydrogen (secondary N) is 1. The second-order valence-corrected chi connectivity index (χ2v) is 4.92. The predicted molar refractivity (Wildman–Crippen MR) is 74.6 cm³/mol. The Morgan fingerprint density at radius 2 is 2.20 bits per heavy atom. The SMILES string of the molecule is Cc1cccc(-c2nc3c(c(C(=O)O)n2)CNCC3)c1. The molecule has 0 fully saturated rings. The second kappa shape index (κ2) is 5.02. The van der Waals surface area contributed by atoms with Crippen LogP contribution in [0.15, 0.2) is 24.3 Å². The second-order valence-electron chi connectivity index (χ2n) is 4.92. The van der Waals surface area contributed by atoms with Gasteiger partial charge in [0.2, 0.25) is 0 Å². The zero-order valence-corrected chi connectivity index (χ0v) is 11.2. The summed E-state index contributed by atoms with van der Waals surface area (Å²) in [6, 6.07) is 7.79. The van der Waals surface area contributed by atoms with E-state index in [4.69, 9.17) is 0 Å². The van der Waals surface area contributed by atoms with E-state index in [1.165, 1.54) is 0 Å². The maximum absolute atomic E-state index is 11.4. The molecule has 20 heavy (non-hydrogen) atoms. The van der Waals surface area contributed by atoms with E-state index >= 15 is 0 Å². The van der Waals surface area contributed by atoms with E-state index < -0.39 is 5.97 Å². The molecule has 0 atom stereocenters. The van der Waals surface area contributed by atoms with Crippen molar-refractivity contribution >= 4 is 5.97 Å². The molecule has 0 saturated carbocycles. The van der Waals surface area contributed by atoms with Crippen molar-refractivity contribution in [1.29, 1.82) is 0 Å². The first-order valence-corrected chi connectivity index (χ1v) is 6.56. The lowest BCUT2D eigenvalue weighted by Gasteiger charge is -2.18. The van der Waals surface area contributed by atoms with Crippen LogP contribution < -0.4 is 5.32 Å². The minimum Gasteiger partial charge on any atom is -0.476 e. The van der Waals surface area contributed by atoms with Crippen LogP contribution in [0, 0.1) is 6.92 Å². The smallest absolute Gasteiger partial charge is 0.354 e. The summed E-state index contributed by atoms with van der Waals surface area (Å²) in [6.45, 7) is 3.32. The van der Waals surface area contributed by atoms with Crippen molar-refractivity contribution in [2.75, 3.05) is 6.54 Å². The Bertz CT molecular complexity index is 683. The summed E-state index contributed by atoms with van der Waals surface area (Å²) >= 11 is 0. The van der Waals surface area contributed by atoms with E-state index in [1.807, 2.05) is 31.2 Å². The average molecular weight is 269 g/mol. The molecular weight excluding hydrogens is 254 g/mol. The third-order valence-electron chi connectivity index (χ3n) is 3.41. The Morgan fingerprint density at radius 3 is 2.95 bits per heavy atom. The molecule has 2 heterocycles. The van der Waals surface area contributed by atoms with E-state index in [2.05, 4.69) is 15.3 Å². The molecule has 0 saturated heterocycles. The highest BCUT2D eigenvalue weighted by atomic mass is 16.4. The van der Waals surface area contributed by atoms with Crippen LogP contribution in [0.4, 0.5) is 0 Å². The van der Waals surface area contributed by atoms with Gasteiger partial charge in [-0.05, 0) is 13.0 Å². The van der Waals surface area contributed by atoms with Gasteiger partial charge < -0.3 is 10.4 Å². The minimum atomic E-state index is -0.999. The van der Waals surface area contributed by atoms with Crippen LogP contribution in [-0.2, 0) is 13.0 Å². The van der Waals surface area contributed by atoms with Gasteiger partial charge in [-0.15, -0.1) is 0 Å². The van der Waals surface area contributed by atoms with Gasteiger partial charge in [0, 0.05) is 30.6 Å². The van der Waals surface area contributed by atoms with E-state index in [9.17, 15) is 9.90 Å². The summed E-state index contributed by atoms with van der Waals surface area (Å²) in [5.74, 6) is -0.506. The fourth-order valence-electron chi connectivity index (χ4n) is 2.43. The monoisotopic (exact) mass is 269 g/mol. The molecule has 2 aromatic rings. The standard InChI is InChI=1S/C15H15N3O2/c1-9-3-2-4-10(7-9)14-17-12-5-6-16-8-11(12)13(18-14)15(19)20/h2-4,7,16H,5-6,8H2,1H3,(H,19,20). The molecule has 0 aliphatic carbocycles. The van der Waals surface area contributed by atoms with Gasteiger partial charge in [0.25, 0.3) is 0 Å². The number of hydrogen-bond donors (Lipinski definition) is 2. The number of carboxylic acids is 1. The Balaban J connectivity index is 2.17. The molecule has 1 aromatic heterocycles. The zero-order valence-electron chi connectivity index (χ0n) is 11.2. The molecule has 0 radical (unpaired) electrons. The summed E-state index contributed by atoms with van der Waals surface area (Å²) in [6.07, 6.45) is 0.733. The highest BCUT2D eigenvalue weighted by Crippen LogP contribution is 2.22. The van der Waals surface area contributed by atoms with Crippen LogP contribution in [0.2, 0.25) is 0 Å². The van der Waals surface area contributed by atoms with Crippen LogP contribution >= 0.6 is 0 Å². The Labute approximate surface area is 116 Å². The van der Waals surface area contributed by atoms with Crippen LogP contribution in [0.25, 0.3) is 11.4 Å². The molecule has 1 aliphatic heterocycles. The van der Waals surface area contributed by atoms with Crippen molar-refractivity contribution in [3.63, 3.8) is 0 Å². The lowest BCUT2D eigenvalue weighted by molar-refractivity contribution is 0.0688. The lowest BCUT2D eigenvalue weighted by Crippen LogP contribution is -2.28. The molecule has 0 amide bonds. The van der Waals surface area contributed by atoms with Crippen molar-refractivity contribution in [2.45, 2.75) is 19.9 Å². The topological polar surface area (TPSA) is 75.1 Å². The molecule has 2 N–H and O–H groups in total. The quantitative estimate of drug-likeness (QED) is 0.869. The van der Waals surface area contributed by atoms with Crippen molar-refractivity contribution in [3.8, 4) is 11.4 Å². The molecule has 0 unspecified atom stereocenters. The maximum Gasteiger partial charge on any atom is 0.354 e. The zero-order chi connectivity index (χ0) is 14.1. The van der Waals surface area contributed by atoms with E-state index in [-0.39, 0.29) is 5.69 Å². The summed E-state index contributed by atoms with van der Waals surface area (Å²) in [5, 5.41) is 12.5. The van der Waals surface area contributed by atoms with Gasteiger partial charge in [-0.3, -0.25) is 0 Å². The van der Waals surface area contributed by atoms with E-state index in [0.29, 0.717) is 17.9 Å². The molecule has 3 rings (SSSR count). The van der Waals surface area contributed by atoms with Gasteiger partial charge in [0.1, 0.15) is 0 Å². The first-order valence-electron chi connectivity index (χ1n) is 6.56. The summed E-state index contributed by atoms with van der Waals surface area (Å²) in [4.78, 5) is 20.2. The van der Waals surface area contributed by atoms with Gasteiger partial charge in [-0.25, -0.2) is 14.8 Å². The highest BCUT2D eigenvalue weighted by Gasteiger charge is 2.21. The van der Waals surface area contributed by atoms with E-state index in [0.717, 1.165) is 29.8 Å². The van der Waals surface area contributed by atoms with Gasteiger partial charge >= 0.3 is 5.97 Å². The molecule has 1 aliphatic rings. The van der Waals surface area contributed by atoms with Crippen LogP contribution in [-0.4, -0.2) is 27.6 Å². The molecule has 0 spiro atoms. The summed E-state index contributed by atoms with van der Waals surface area (Å²) in [5.41, 5.74) is 3.61. The largest absolute Gasteiger partial charge is 0.476 e. The Hall–Kier alpha value is -2.27. The number of benzene rings is 1. The van der Waals surface area contributed by atoms with Gasteiger partial charge in [-0.1, -0.05) is 23.8 Å². The van der Waals surface area contributed by atoms with Gasteiger partial charge in [0.15, 0.2) is 11.5 Å². The lowest BCUT2D eigenvalue weighted by atomic mass is 10.0. The molecule has 5 nitrogen and oxygen atoms in total. The first kappa shape index (κ1) is 12.7. The molecule has 1 aromatic carbocycles. The van der Waals surface area contributed by atoms with Crippen LogP contribution in [0.3, 0.4) is 0 Å². The van der Waals surface area contributed by atoms with Crippen LogP contribution in [0.1, 0.15) is 27.3 Å². The van der Waals surface area contributed by atoms with Crippen LogP contribution in [0.5, 0.6) is 0 Å². The number of aromatic nitrogens is 2. The van der Waals surface area contributed by atoms with Crippen molar-refractivity contribution < 1.29 is 9.90 Å². The predicted octanol–water partition coefficient (Wildman–Crippen LogP) is 1.80. The minimum absolute atomic E-state index is 0.110. The highest BCUT2D eigenvalue weighted by molar-refractivity contribution is 5.88. The maximum atomic E-state index is 11.4. The first-order chi connectivity index (χ1) is 9.65. The van der Waals surface area contributed by atoms with E-state index in [1.54, 1.807) is 0 Å². The third-order valence-corrected chi connectivity index (χ3v) is 3.41. The Morgan fingerprint density at radius 1 is 1.35 bits per heavy atom. The number of aryl methyl sites for hydroxylation is 1. The average Bonchev–Trinajstić information content (AvgIpc) is 2.46. The fourth-order valence-corrected chi connectivity index (χ4v) is 2.43. The molecule has 102 valence electrons. The Kier molecular flexibility index (Phi) is 3.20.